The number of aliphatic carboxylic acids is 2. The van der Waals surface area contributed by atoms with Gasteiger partial charge in [0, 0.05) is 67.8 Å². The minimum Gasteiger partial charge on any atom is -0.543 e. The lowest BCUT2D eigenvalue weighted by Gasteiger charge is -1.97. The predicted octanol–water partition coefficient (Wildman–Crippen LogP) is -0.467. The topological polar surface area (TPSA) is 80.3 Å². The van der Waals surface area contributed by atoms with Crippen LogP contribution in [0, 0.1) is 0 Å². The fraction of sp³-hybridized carbons (Fsp3) is 0.800. The molecule has 0 saturated carbocycles. The Morgan fingerprint density at radius 2 is 0.688 bits per heavy atom. The van der Waals surface area contributed by atoms with E-state index >= 15 is 0 Å². The summed E-state index contributed by atoms with van der Waals surface area (Å²) in [6.45, 7) is 18.4. The van der Waals surface area contributed by atoms with Gasteiger partial charge in [-0.15, -0.1) is 0 Å². The highest BCUT2D eigenvalue weighted by Crippen LogP contribution is 2.40. The van der Waals surface area contributed by atoms with E-state index in [1.54, 1.807) is 0 Å². The molecule has 0 rings (SSSR count). The number of rotatable bonds is 0. The predicted molar refractivity (Wildman–Crippen MR) is 71.2 cm³/mol. The Labute approximate surface area is 100 Å². The van der Waals surface area contributed by atoms with E-state index in [9.17, 15) is 0 Å². The molecule has 0 saturated heterocycles. The van der Waals surface area contributed by atoms with E-state index in [2.05, 4.69) is 53.3 Å². The van der Waals surface area contributed by atoms with Crippen molar-refractivity contribution in [3.63, 3.8) is 0 Å². The number of carbonyl (C=O) groups is 2. The summed E-state index contributed by atoms with van der Waals surface area (Å²) in [5.74, 6) is -4.37. The molecule has 0 bridgehead atoms. The van der Waals surface area contributed by atoms with Crippen molar-refractivity contribution in [1.29, 1.82) is 0 Å². The third-order valence-electron chi connectivity index (χ3n) is 0.167. The minimum atomic E-state index is -2.19. The monoisotopic (exact) mass is 270 g/mol. The van der Waals surface area contributed by atoms with Crippen molar-refractivity contribution in [2.75, 3.05) is 53.3 Å². The molecule has 0 aliphatic heterocycles. The van der Waals surface area contributed by atoms with Gasteiger partial charge in [0.15, 0.2) is 0 Å². The fourth-order valence-corrected chi connectivity index (χ4v) is 0. The fourth-order valence-electron chi connectivity index (χ4n) is 0. The van der Waals surface area contributed by atoms with Gasteiger partial charge in [-0.1, -0.05) is 0 Å². The van der Waals surface area contributed by atoms with Gasteiger partial charge in [-0.2, -0.15) is 0 Å². The number of hydrogen-bond donors (Lipinski definition) is 0. The summed E-state index contributed by atoms with van der Waals surface area (Å²) in [4.78, 5) is 17.9. The molecule has 0 heterocycles. The lowest BCUT2D eigenvalue weighted by molar-refractivity contribution is -0.345. The van der Waals surface area contributed by atoms with Gasteiger partial charge >= 0.3 is 0 Å². The zero-order valence-electron chi connectivity index (χ0n) is 11.5. The van der Waals surface area contributed by atoms with E-state index in [0.29, 0.717) is 0 Å². The smallest absolute Gasteiger partial charge is 0.0870 e. The van der Waals surface area contributed by atoms with E-state index in [1.165, 1.54) is 0 Å². The molecule has 0 aliphatic carbocycles. The van der Waals surface area contributed by atoms with Crippen LogP contribution in [0.5, 0.6) is 0 Å². The van der Waals surface area contributed by atoms with Crippen LogP contribution in [-0.2, 0) is 9.59 Å². The van der Waals surface area contributed by atoms with Crippen LogP contribution in [-0.4, -0.2) is 65.3 Å². The molecular weight excluding hydrogens is 246 g/mol. The molecule has 0 aliphatic rings. The lowest BCUT2D eigenvalue weighted by atomic mass is 10.7. The maximum absolute atomic E-state index is 8.93. The van der Waals surface area contributed by atoms with E-state index < -0.39 is 11.9 Å². The zero-order chi connectivity index (χ0) is 14.2. The van der Waals surface area contributed by atoms with Crippen LogP contribution in [0.4, 0.5) is 0 Å². The molecule has 0 aromatic rings. The first-order chi connectivity index (χ1) is 6.64. The maximum atomic E-state index is 8.93. The Kier molecular flexibility index (Phi) is 11.7. The van der Waals surface area contributed by atoms with Gasteiger partial charge in [-0.05, 0) is 0 Å². The Balaban J connectivity index is -0.000000160. The molecule has 0 atom stereocenters. The van der Waals surface area contributed by atoms with Gasteiger partial charge in [-0.25, -0.2) is 0 Å². The van der Waals surface area contributed by atoms with Crippen LogP contribution >= 0.6 is 14.5 Å². The first-order valence-corrected chi connectivity index (χ1v) is 11.8. The zero-order valence-corrected chi connectivity index (χ0v) is 13.3. The highest BCUT2D eigenvalue weighted by Gasteiger charge is 2.03. The maximum Gasteiger partial charge on any atom is 0.0870 e. The van der Waals surface area contributed by atoms with Gasteiger partial charge in [0.05, 0.1) is 11.9 Å². The second-order valence-electron chi connectivity index (χ2n) is 5.94. The highest BCUT2D eigenvalue weighted by molar-refractivity contribution is 7.73. The van der Waals surface area contributed by atoms with Crippen molar-refractivity contribution in [2.45, 2.75) is 0 Å². The molecule has 6 heteroatoms. The minimum absolute atomic E-state index is 0.389. The summed E-state index contributed by atoms with van der Waals surface area (Å²) in [6, 6.07) is 0. The average Bonchev–Trinajstić information content (AvgIpc) is 1.77. The van der Waals surface area contributed by atoms with Crippen molar-refractivity contribution in [3.05, 3.63) is 0 Å². The van der Waals surface area contributed by atoms with Gasteiger partial charge in [-0.3, -0.25) is 0 Å². The molecule has 16 heavy (non-hydrogen) atoms. The van der Waals surface area contributed by atoms with Crippen molar-refractivity contribution < 1.29 is 19.8 Å². The molecular formula is C10H24O4P2. The molecule has 0 radical (unpaired) electrons. The highest BCUT2D eigenvalue weighted by atomic mass is 31.2. The molecule has 0 N–H and O–H groups in total. The van der Waals surface area contributed by atoms with Gasteiger partial charge in [0.2, 0.25) is 0 Å². The quantitative estimate of drug-likeness (QED) is 0.440. The van der Waals surface area contributed by atoms with E-state index in [-0.39, 0.29) is 14.5 Å². The average molecular weight is 270 g/mol. The molecule has 0 spiro atoms. The van der Waals surface area contributed by atoms with Crippen LogP contribution in [0.15, 0.2) is 0 Å². The second-order valence-corrected chi connectivity index (χ2v) is 16.7. The van der Waals surface area contributed by atoms with Crippen LogP contribution in [0.2, 0.25) is 0 Å². The Morgan fingerprint density at radius 3 is 0.688 bits per heavy atom. The van der Waals surface area contributed by atoms with E-state index in [0.717, 1.165) is 0 Å². The van der Waals surface area contributed by atoms with Crippen LogP contribution < -0.4 is 10.2 Å². The van der Waals surface area contributed by atoms with Gasteiger partial charge in [0.1, 0.15) is 0 Å². The molecule has 0 aromatic carbocycles. The largest absolute Gasteiger partial charge is 0.543 e. The second kappa shape index (κ2) is 8.90. The molecule has 4 nitrogen and oxygen atoms in total. The van der Waals surface area contributed by atoms with Crippen LogP contribution in [0.3, 0.4) is 0 Å². The molecule has 0 amide bonds. The third kappa shape index (κ3) is 157. The van der Waals surface area contributed by atoms with Crippen molar-refractivity contribution >= 4 is 26.5 Å². The van der Waals surface area contributed by atoms with Crippen LogP contribution in [0.25, 0.3) is 0 Å². The molecule has 98 valence electrons. The van der Waals surface area contributed by atoms with Crippen molar-refractivity contribution in [3.8, 4) is 0 Å². The molecule has 0 unspecified atom stereocenters. The van der Waals surface area contributed by atoms with Crippen molar-refractivity contribution in [1.82, 2.24) is 0 Å². The van der Waals surface area contributed by atoms with E-state index in [1.807, 2.05) is 0 Å². The number of carbonyl (C=O) groups excluding carboxylic acids is 2. The third-order valence-corrected chi connectivity index (χ3v) is 0.167. The normalized spacial score (nSPS) is 10.2. The summed E-state index contributed by atoms with van der Waals surface area (Å²) in [5.41, 5.74) is 0. The van der Waals surface area contributed by atoms with E-state index in [4.69, 9.17) is 19.8 Å². The van der Waals surface area contributed by atoms with Crippen molar-refractivity contribution in [2.24, 2.45) is 0 Å². The standard InChI is InChI=1S/2C4H12P.C2H2O4/c2*1-5(2,3)4;3-1(4)2(5)6/h2*1-4H3;(H,3,4)(H,5,6)/q2*+1;/p-2. The summed E-state index contributed by atoms with van der Waals surface area (Å²) >= 11 is 0. The first kappa shape index (κ1) is 21.1. The van der Waals surface area contributed by atoms with Gasteiger partial charge < -0.3 is 19.8 Å². The molecule has 0 fully saturated rings. The summed E-state index contributed by atoms with van der Waals surface area (Å²) in [7, 11) is -0.778. The Bertz CT molecular complexity index is 178. The lowest BCUT2D eigenvalue weighted by Crippen LogP contribution is -2.42. The Hall–Kier alpha value is -0.200. The number of carboxylic acids is 2. The molecule has 0 aromatic heterocycles. The van der Waals surface area contributed by atoms with Gasteiger partial charge in [0.25, 0.3) is 0 Å². The SMILES string of the molecule is C[P+](C)(C)C.C[P+](C)(C)C.O=C([O-])C(=O)[O-]. The number of carboxylic acid groups (broad SMARTS) is 2. The summed E-state index contributed by atoms with van der Waals surface area (Å²) < 4.78 is 0. The first-order valence-electron chi connectivity index (χ1n) is 4.64. The van der Waals surface area contributed by atoms with Crippen LogP contribution in [0.1, 0.15) is 0 Å². The summed E-state index contributed by atoms with van der Waals surface area (Å²) in [6.07, 6.45) is 0. The number of hydrogen-bond acceptors (Lipinski definition) is 4. The summed E-state index contributed by atoms with van der Waals surface area (Å²) in [5, 5.41) is 17.9. The Morgan fingerprint density at radius 1 is 0.625 bits per heavy atom.